The standard InChI is InChI=1S/C22H35NO6/c1-8-18(25)28-14-22(7,15-29-19(26)16(3)4)13-17(24)11-10-12-23-20(27)21(5,6)9-2/h8H,1,3,9-15H2,2,4-7H3,(H,23,27). The van der Waals surface area contributed by atoms with Crippen LogP contribution in [0.1, 0.15) is 60.3 Å². The number of hydrogen-bond donors (Lipinski definition) is 1. The maximum absolute atomic E-state index is 12.4. The summed E-state index contributed by atoms with van der Waals surface area (Å²) in [4.78, 5) is 47.5. The lowest BCUT2D eigenvalue weighted by molar-refractivity contribution is -0.150. The van der Waals surface area contributed by atoms with Gasteiger partial charge in [-0.05, 0) is 19.8 Å². The molecule has 164 valence electrons. The minimum Gasteiger partial charge on any atom is -0.462 e. The molecule has 0 fully saturated rings. The third kappa shape index (κ3) is 10.6. The molecule has 0 radical (unpaired) electrons. The second-order valence-corrected chi connectivity index (χ2v) is 8.29. The van der Waals surface area contributed by atoms with Crippen molar-refractivity contribution in [1.82, 2.24) is 5.32 Å². The molecule has 0 aliphatic heterocycles. The molecule has 0 heterocycles. The first kappa shape index (κ1) is 26.6. The summed E-state index contributed by atoms with van der Waals surface area (Å²) < 4.78 is 10.3. The molecule has 0 aliphatic carbocycles. The molecule has 0 rings (SSSR count). The molecule has 1 unspecified atom stereocenters. The highest BCUT2D eigenvalue weighted by Gasteiger charge is 2.31. The summed E-state index contributed by atoms with van der Waals surface area (Å²) in [5, 5.41) is 2.84. The number of carbonyl (C=O) groups excluding carboxylic acids is 4. The first-order valence-corrected chi connectivity index (χ1v) is 9.78. The zero-order chi connectivity index (χ0) is 22.7. The van der Waals surface area contributed by atoms with E-state index in [4.69, 9.17) is 9.47 Å². The van der Waals surface area contributed by atoms with Gasteiger partial charge in [0.15, 0.2) is 0 Å². The molecule has 0 aromatic heterocycles. The van der Waals surface area contributed by atoms with Crippen molar-refractivity contribution < 1.29 is 28.7 Å². The van der Waals surface area contributed by atoms with Crippen molar-refractivity contribution in [2.45, 2.75) is 60.3 Å². The van der Waals surface area contributed by atoms with Crippen LogP contribution in [0.4, 0.5) is 0 Å². The van der Waals surface area contributed by atoms with E-state index < -0.39 is 22.8 Å². The summed E-state index contributed by atoms with van der Waals surface area (Å²) in [5.74, 6) is -1.30. The van der Waals surface area contributed by atoms with Crippen LogP contribution < -0.4 is 5.32 Å². The highest BCUT2D eigenvalue weighted by atomic mass is 16.5. The fourth-order valence-electron chi connectivity index (χ4n) is 2.26. The van der Waals surface area contributed by atoms with Gasteiger partial charge in [0.1, 0.15) is 19.0 Å². The first-order valence-electron chi connectivity index (χ1n) is 9.78. The van der Waals surface area contributed by atoms with Gasteiger partial charge in [0.2, 0.25) is 5.91 Å². The van der Waals surface area contributed by atoms with Crippen LogP contribution in [0, 0.1) is 10.8 Å². The van der Waals surface area contributed by atoms with Gasteiger partial charge in [-0.2, -0.15) is 0 Å². The zero-order valence-corrected chi connectivity index (χ0v) is 18.4. The van der Waals surface area contributed by atoms with E-state index in [0.717, 1.165) is 12.5 Å². The number of rotatable bonds is 14. The summed E-state index contributed by atoms with van der Waals surface area (Å²) >= 11 is 0. The lowest BCUT2D eigenvalue weighted by Gasteiger charge is -2.28. The van der Waals surface area contributed by atoms with E-state index in [1.165, 1.54) is 6.92 Å². The predicted octanol–water partition coefficient (Wildman–Crippen LogP) is 3.13. The molecule has 0 aliphatic rings. The first-order chi connectivity index (χ1) is 13.4. The SMILES string of the molecule is C=CC(=O)OCC(C)(COC(=O)C(=C)C)CC(=O)CCCNC(=O)C(C)(C)CC. The molecular weight excluding hydrogens is 374 g/mol. The van der Waals surface area contributed by atoms with Crippen LogP contribution in [-0.2, 0) is 28.7 Å². The third-order valence-corrected chi connectivity index (χ3v) is 4.67. The number of ether oxygens (including phenoxy) is 2. The van der Waals surface area contributed by atoms with Crippen molar-refractivity contribution in [3.05, 3.63) is 24.8 Å². The van der Waals surface area contributed by atoms with E-state index >= 15 is 0 Å². The number of ketones is 1. The molecular formula is C22H35NO6. The second-order valence-electron chi connectivity index (χ2n) is 8.29. The van der Waals surface area contributed by atoms with Crippen molar-refractivity contribution in [2.24, 2.45) is 10.8 Å². The Morgan fingerprint density at radius 3 is 2.17 bits per heavy atom. The maximum atomic E-state index is 12.4. The van der Waals surface area contributed by atoms with Gasteiger partial charge in [-0.25, -0.2) is 9.59 Å². The Bertz CT molecular complexity index is 637. The van der Waals surface area contributed by atoms with Gasteiger partial charge in [0, 0.05) is 41.9 Å². The maximum Gasteiger partial charge on any atom is 0.333 e. The summed E-state index contributed by atoms with van der Waals surface area (Å²) in [5.41, 5.74) is -1.06. The van der Waals surface area contributed by atoms with Crippen LogP contribution in [0.3, 0.4) is 0 Å². The summed E-state index contributed by atoms with van der Waals surface area (Å²) in [6, 6.07) is 0. The largest absolute Gasteiger partial charge is 0.462 e. The van der Waals surface area contributed by atoms with Crippen molar-refractivity contribution in [1.29, 1.82) is 0 Å². The van der Waals surface area contributed by atoms with Crippen molar-refractivity contribution in [3.63, 3.8) is 0 Å². The fourth-order valence-corrected chi connectivity index (χ4v) is 2.26. The Morgan fingerprint density at radius 1 is 1.07 bits per heavy atom. The lowest BCUT2D eigenvalue weighted by Crippen LogP contribution is -2.37. The Balaban J connectivity index is 4.70. The molecule has 29 heavy (non-hydrogen) atoms. The molecule has 1 N–H and O–H groups in total. The second kappa shape index (κ2) is 12.2. The van der Waals surface area contributed by atoms with E-state index in [1.54, 1.807) is 6.92 Å². The Hall–Kier alpha value is -2.44. The van der Waals surface area contributed by atoms with Gasteiger partial charge < -0.3 is 14.8 Å². The molecule has 7 nitrogen and oxygen atoms in total. The minimum atomic E-state index is -0.867. The van der Waals surface area contributed by atoms with Crippen LogP contribution in [-0.4, -0.2) is 43.4 Å². The highest BCUT2D eigenvalue weighted by molar-refractivity contribution is 5.87. The number of esters is 2. The third-order valence-electron chi connectivity index (χ3n) is 4.67. The molecule has 7 heteroatoms. The summed E-state index contributed by atoms with van der Waals surface area (Å²) in [6.45, 7) is 16.0. The van der Waals surface area contributed by atoms with Crippen LogP contribution in [0.2, 0.25) is 0 Å². The molecule has 0 bridgehead atoms. The number of carbonyl (C=O) groups is 4. The summed E-state index contributed by atoms with van der Waals surface area (Å²) in [6.07, 6.45) is 2.57. The van der Waals surface area contributed by atoms with E-state index in [2.05, 4.69) is 18.5 Å². The molecule has 0 saturated carbocycles. The fraction of sp³-hybridized carbons (Fsp3) is 0.636. The minimum absolute atomic E-state index is 0.0414. The highest BCUT2D eigenvalue weighted by Crippen LogP contribution is 2.25. The Morgan fingerprint density at radius 2 is 1.66 bits per heavy atom. The van der Waals surface area contributed by atoms with E-state index in [1.807, 2.05) is 20.8 Å². The van der Waals surface area contributed by atoms with Crippen LogP contribution in [0.15, 0.2) is 24.8 Å². The lowest BCUT2D eigenvalue weighted by atomic mass is 9.85. The molecule has 0 aromatic carbocycles. The number of hydrogen-bond acceptors (Lipinski definition) is 6. The average molecular weight is 410 g/mol. The van der Waals surface area contributed by atoms with Gasteiger partial charge in [-0.15, -0.1) is 0 Å². The molecule has 0 aromatic rings. The van der Waals surface area contributed by atoms with Crippen molar-refractivity contribution >= 4 is 23.6 Å². The van der Waals surface area contributed by atoms with E-state index in [0.29, 0.717) is 13.0 Å². The zero-order valence-electron chi connectivity index (χ0n) is 18.4. The Labute approximate surface area is 173 Å². The summed E-state index contributed by atoms with van der Waals surface area (Å²) in [7, 11) is 0. The molecule has 0 saturated heterocycles. The van der Waals surface area contributed by atoms with Gasteiger partial charge in [-0.1, -0.05) is 40.9 Å². The van der Waals surface area contributed by atoms with Gasteiger partial charge in [-0.3, -0.25) is 9.59 Å². The number of amides is 1. The predicted molar refractivity (Wildman–Crippen MR) is 111 cm³/mol. The van der Waals surface area contributed by atoms with Gasteiger partial charge in [0.25, 0.3) is 0 Å². The van der Waals surface area contributed by atoms with Crippen LogP contribution in [0.25, 0.3) is 0 Å². The van der Waals surface area contributed by atoms with E-state index in [9.17, 15) is 19.2 Å². The monoisotopic (exact) mass is 409 g/mol. The quantitative estimate of drug-likeness (QED) is 0.269. The van der Waals surface area contributed by atoms with Gasteiger partial charge >= 0.3 is 11.9 Å². The molecule has 1 atom stereocenters. The normalized spacial score (nSPS) is 13.0. The Kier molecular flexibility index (Phi) is 11.2. The average Bonchev–Trinajstić information content (AvgIpc) is 2.67. The number of Topliss-reactive ketones (excluding diaryl/α,β-unsaturated/α-hetero) is 1. The number of nitrogens with one attached hydrogen (secondary N) is 1. The van der Waals surface area contributed by atoms with Gasteiger partial charge in [0.05, 0.1) is 0 Å². The topological polar surface area (TPSA) is 98.8 Å². The molecule has 1 amide bonds. The smallest absolute Gasteiger partial charge is 0.333 e. The van der Waals surface area contributed by atoms with Crippen molar-refractivity contribution in [3.8, 4) is 0 Å². The van der Waals surface area contributed by atoms with Crippen LogP contribution >= 0.6 is 0 Å². The van der Waals surface area contributed by atoms with Crippen molar-refractivity contribution in [2.75, 3.05) is 19.8 Å². The van der Waals surface area contributed by atoms with Crippen LogP contribution in [0.5, 0.6) is 0 Å². The molecule has 0 spiro atoms. The van der Waals surface area contributed by atoms with E-state index in [-0.39, 0.29) is 43.3 Å².